The maximum atomic E-state index is 13.4. The van der Waals surface area contributed by atoms with E-state index in [4.69, 9.17) is 20.1 Å². The van der Waals surface area contributed by atoms with Crippen molar-refractivity contribution in [2.45, 2.75) is 28.1 Å². The number of carboxylic acids is 1. The zero-order chi connectivity index (χ0) is 36.1. The van der Waals surface area contributed by atoms with Gasteiger partial charge in [-0.1, -0.05) is 16.9 Å². The summed E-state index contributed by atoms with van der Waals surface area (Å²) in [5.74, 6) is -2.46. The molecule has 0 radical (unpaired) electrons. The number of aliphatic hydroxyl groups excluding tert-OH is 1. The van der Waals surface area contributed by atoms with Crippen LogP contribution in [0.4, 0.5) is 5.13 Å². The highest BCUT2D eigenvalue weighted by Gasteiger charge is 2.53. The highest BCUT2D eigenvalue weighted by atomic mass is 32.2. The third-order valence-corrected chi connectivity index (χ3v) is 11.2. The van der Waals surface area contributed by atoms with Crippen molar-refractivity contribution in [3.63, 3.8) is 0 Å². The number of hydrogen-bond donors (Lipinski definition) is 5. The highest BCUT2D eigenvalue weighted by molar-refractivity contribution is 8.01. The minimum absolute atomic E-state index is 0.000410. The number of aliphatic hydroxyl groups is 1. The van der Waals surface area contributed by atoms with Gasteiger partial charge in [0.05, 0.1) is 11.7 Å². The molecule has 4 aromatic rings. The van der Waals surface area contributed by atoms with Gasteiger partial charge in [0.2, 0.25) is 5.89 Å². The SMILES string of the molecule is Nc1nc(/C(=N/OCCSc2nnc(-c3ccc(O)c(O)c3)o2)C(=O)N[C@@H]2C(=O)N3C(C(=O)[O-])=C(CSc4cc[n+](CCO)cc4)CS[C@H]23)cs1. The lowest BCUT2D eigenvalue weighted by molar-refractivity contribution is -0.698. The van der Waals surface area contributed by atoms with Gasteiger partial charge in [-0.25, -0.2) is 9.55 Å². The number of nitrogens with two attached hydrogens (primary N) is 1. The van der Waals surface area contributed by atoms with Crippen molar-refractivity contribution in [2.75, 3.05) is 36.2 Å². The van der Waals surface area contributed by atoms with Crippen LogP contribution in [-0.2, 0) is 25.8 Å². The van der Waals surface area contributed by atoms with Crippen LogP contribution in [0.15, 0.2) is 79.1 Å². The molecule has 5 heterocycles. The molecule has 21 heteroatoms. The van der Waals surface area contributed by atoms with Crippen molar-refractivity contribution in [3.05, 3.63) is 65.1 Å². The van der Waals surface area contributed by atoms with E-state index in [1.807, 2.05) is 29.1 Å². The number of nitrogen functional groups attached to an aromatic ring is 1. The van der Waals surface area contributed by atoms with Crippen LogP contribution in [0.1, 0.15) is 5.69 Å². The number of thiazole rings is 1. The number of phenols is 2. The van der Waals surface area contributed by atoms with E-state index in [1.54, 1.807) is 0 Å². The first kappa shape index (κ1) is 36.0. The molecule has 266 valence electrons. The second-order valence-electron chi connectivity index (χ2n) is 10.7. The summed E-state index contributed by atoms with van der Waals surface area (Å²) in [5.41, 5.74) is 6.40. The van der Waals surface area contributed by atoms with Crippen LogP contribution in [-0.4, -0.2) is 101 Å². The number of carbonyl (C=O) groups is 3. The molecular weight excluding hydrogens is 745 g/mol. The Labute approximate surface area is 305 Å². The molecule has 1 aromatic carbocycles. The van der Waals surface area contributed by atoms with Gasteiger partial charge < -0.3 is 45.5 Å². The highest BCUT2D eigenvalue weighted by Crippen LogP contribution is 2.41. The number of carbonyl (C=O) groups excluding carboxylic acids is 3. The number of nitrogens with zero attached hydrogens (tertiary/aromatic N) is 6. The first-order valence-corrected chi connectivity index (χ1v) is 18.8. The molecule has 2 amide bonds. The fraction of sp³-hybridized carbons (Fsp3) is 0.267. The number of aromatic nitrogens is 4. The van der Waals surface area contributed by atoms with E-state index in [-0.39, 0.29) is 63.8 Å². The maximum absolute atomic E-state index is 13.4. The molecule has 2 aliphatic heterocycles. The predicted molar refractivity (Wildman–Crippen MR) is 184 cm³/mol. The second-order valence-corrected chi connectivity index (χ2v) is 14.7. The monoisotopic (exact) mass is 772 g/mol. The van der Waals surface area contributed by atoms with Crippen LogP contribution in [0.2, 0.25) is 0 Å². The maximum Gasteiger partial charge on any atom is 0.276 e. The molecule has 0 spiro atoms. The van der Waals surface area contributed by atoms with Gasteiger partial charge in [0.1, 0.15) is 30.3 Å². The lowest BCUT2D eigenvalue weighted by Gasteiger charge is -2.50. The van der Waals surface area contributed by atoms with Crippen LogP contribution in [0.5, 0.6) is 11.5 Å². The fourth-order valence-corrected chi connectivity index (χ4v) is 8.37. The number of fused-ring (bicyclic) bond motifs is 1. The van der Waals surface area contributed by atoms with Gasteiger partial charge in [0, 0.05) is 45.2 Å². The Hall–Kier alpha value is -4.83. The number of rotatable bonds is 15. The van der Waals surface area contributed by atoms with Gasteiger partial charge in [-0.05, 0) is 23.8 Å². The Morgan fingerprint density at radius 2 is 2.00 bits per heavy atom. The number of phenolic OH excluding ortho intramolecular Hbond substituents is 2. The first-order valence-electron chi connectivity index (χ1n) is 14.9. The Morgan fingerprint density at radius 3 is 2.71 bits per heavy atom. The van der Waals surface area contributed by atoms with Crippen molar-refractivity contribution in [2.24, 2.45) is 5.16 Å². The summed E-state index contributed by atoms with van der Waals surface area (Å²) in [7, 11) is 0. The zero-order valence-corrected chi connectivity index (χ0v) is 29.5. The summed E-state index contributed by atoms with van der Waals surface area (Å²) < 4.78 is 7.39. The topological polar surface area (TPSA) is 254 Å². The van der Waals surface area contributed by atoms with E-state index in [0.29, 0.717) is 29.2 Å². The largest absolute Gasteiger partial charge is 0.543 e. The number of aliphatic carboxylic acids is 1. The first-order chi connectivity index (χ1) is 24.6. The molecule has 51 heavy (non-hydrogen) atoms. The number of anilines is 1. The van der Waals surface area contributed by atoms with Gasteiger partial charge in [-0.3, -0.25) is 14.5 Å². The second kappa shape index (κ2) is 16.0. The van der Waals surface area contributed by atoms with Crippen molar-refractivity contribution in [1.29, 1.82) is 0 Å². The van der Waals surface area contributed by atoms with Crippen molar-refractivity contribution < 1.29 is 48.6 Å². The predicted octanol–water partition coefficient (Wildman–Crippen LogP) is 0.176. The van der Waals surface area contributed by atoms with Gasteiger partial charge in [-0.15, -0.1) is 45.1 Å². The van der Waals surface area contributed by atoms with E-state index in [2.05, 4.69) is 25.7 Å². The van der Waals surface area contributed by atoms with Crippen molar-refractivity contribution >= 4 is 75.2 Å². The fourth-order valence-electron chi connectivity index (χ4n) is 4.89. The number of amides is 2. The molecule has 2 atom stereocenters. The molecule has 0 bridgehead atoms. The number of hydrogen-bond acceptors (Lipinski definition) is 18. The molecule has 0 aliphatic carbocycles. The normalized spacial score (nSPS) is 17.2. The minimum Gasteiger partial charge on any atom is -0.543 e. The average Bonchev–Trinajstić information content (AvgIpc) is 3.78. The van der Waals surface area contributed by atoms with E-state index < -0.39 is 29.2 Å². The number of pyridine rings is 1. The Kier molecular flexibility index (Phi) is 11.3. The summed E-state index contributed by atoms with van der Waals surface area (Å²) in [6.45, 7) is 0.462. The molecule has 0 saturated carbocycles. The molecule has 1 saturated heterocycles. The van der Waals surface area contributed by atoms with E-state index in [1.165, 1.54) is 47.1 Å². The summed E-state index contributed by atoms with van der Waals surface area (Å²) in [5, 5.41) is 56.2. The minimum atomic E-state index is -1.48. The molecule has 0 unspecified atom stereocenters. The third-order valence-electron chi connectivity index (χ3n) is 7.32. The number of β-lactam (4-membered cyclic amide) rings is 1. The van der Waals surface area contributed by atoms with Crippen LogP contribution in [0.3, 0.4) is 0 Å². The Bertz CT molecular complexity index is 2000. The van der Waals surface area contributed by atoms with Crippen LogP contribution in [0.25, 0.3) is 11.5 Å². The molecule has 2 aliphatic rings. The van der Waals surface area contributed by atoms with E-state index in [9.17, 15) is 29.7 Å². The van der Waals surface area contributed by atoms with Gasteiger partial charge in [0.15, 0.2) is 41.3 Å². The summed E-state index contributed by atoms with van der Waals surface area (Å²) in [4.78, 5) is 50.5. The van der Waals surface area contributed by atoms with Crippen LogP contribution in [0, 0.1) is 0 Å². The molecule has 6 rings (SSSR count). The summed E-state index contributed by atoms with van der Waals surface area (Å²) >= 11 is 4.95. The number of carboxylic acid groups (broad SMARTS) is 1. The van der Waals surface area contributed by atoms with Crippen molar-refractivity contribution in [1.82, 2.24) is 25.4 Å². The lowest BCUT2D eigenvalue weighted by atomic mass is 10.0. The van der Waals surface area contributed by atoms with Gasteiger partial charge >= 0.3 is 0 Å². The average molecular weight is 773 g/mol. The number of oxime groups is 1. The van der Waals surface area contributed by atoms with Gasteiger partial charge in [0.25, 0.3) is 17.0 Å². The van der Waals surface area contributed by atoms with Gasteiger partial charge in [-0.2, -0.15) is 0 Å². The molecule has 6 N–H and O–H groups in total. The molecule has 3 aromatic heterocycles. The zero-order valence-electron chi connectivity index (χ0n) is 26.2. The van der Waals surface area contributed by atoms with Crippen LogP contribution < -0.4 is 20.7 Å². The quantitative estimate of drug-likeness (QED) is 0.0205. The number of benzene rings is 1. The Morgan fingerprint density at radius 1 is 1.20 bits per heavy atom. The molecule has 1 fully saturated rings. The smallest absolute Gasteiger partial charge is 0.276 e. The summed E-state index contributed by atoms with van der Waals surface area (Å²) in [6, 6.07) is 6.76. The van der Waals surface area contributed by atoms with E-state index >= 15 is 0 Å². The molecule has 17 nitrogen and oxygen atoms in total. The van der Waals surface area contributed by atoms with E-state index in [0.717, 1.165) is 32.9 Å². The third kappa shape index (κ3) is 8.22. The standard InChI is InChI=1S/C30H28N8O9S4/c31-29-32-18(14-51-29)21(36-46-9-10-48-30-35-34-25(47-30)15-1-2-19(40)20(41)11-15)24(42)33-22-26(43)38-23(28(44)45)16(13-50-27(22)38)12-49-17-3-5-37(6-4-17)7-8-39/h1-6,11,14,22,27,39H,7-10,12-13H2,(H5-,31,32,33,34,36,40,41,42,44,45)/t22-,27-/m1/s1. The Balaban J connectivity index is 1.06. The molecular formula is C30H28N8O9S4. The number of nitrogens with one attached hydrogen (secondary N) is 1. The van der Waals surface area contributed by atoms with Crippen molar-refractivity contribution in [3.8, 4) is 23.0 Å². The van der Waals surface area contributed by atoms with Crippen LogP contribution >= 0.6 is 46.6 Å². The number of aromatic hydroxyl groups is 2. The summed E-state index contributed by atoms with van der Waals surface area (Å²) in [6.07, 6.45) is 3.62. The lowest BCUT2D eigenvalue weighted by Crippen LogP contribution is -2.71. The number of thioether (sulfide) groups is 3.